The Labute approximate surface area is 161 Å². The second-order valence-corrected chi connectivity index (χ2v) is 6.70. The van der Waals surface area contributed by atoms with Crippen LogP contribution in [0.25, 0.3) is 0 Å². The summed E-state index contributed by atoms with van der Waals surface area (Å²) in [5.74, 6) is 0.398. The molecule has 0 spiro atoms. The van der Waals surface area contributed by atoms with Crippen LogP contribution in [0.3, 0.4) is 0 Å². The van der Waals surface area contributed by atoms with Gasteiger partial charge in [0, 0.05) is 19.2 Å². The smallest absolute Gasteiger partial charge is 0.240 e. The number of carbonyl (C=O) groups is 2. The van der Waals surface area contributed by atoms with E-state index in [0.29, 0.717) is 12.2 Å². The molecule has 0 fully saturated rings. The first-order chi connectivity index (χ1) is 13.0. The van der Waals surface area contributed by atoms with E-state index in [1.54, 1.807) is 12.1 Å². The van der Waals surface area contributed by atoms with Crippen LogP contribution in [0.1, 0.15) is 32.8 Å². The molecule has 2 amide bonds. The number of carbonyl (C=O) groups excluding carboxylic acids is 2. The first-order valence-electron chi connectivity index (χ1n) is 9.31. The van der Waals surface area contributed by atoms with Gasteiger partial charge in [0.05, 0.1) is 6.10 Å². The molecule has 0 aliphatic carbocycles. The molecule has 2 aromatic rings. The Morgan fingerprint density at radius 1 is 1.04 bits per heavy atom. The van der Waals surface area contributed by atoms with E-state index in [1.165, 1.54) is 17.4 Å². The first kappa shape index (κ1) is 20.5. The van der Waals surface area contributed by atoms with Gasteiger partial charge in [-0.25, -0.2) is 0 Å². The van der Waals surface area contributed by atoms with Gasteiger partial charge < -0.3 is 15.0 Å². The molecule has 0 heterocycles. The fourth-order valence-electron chi connectivity index (χ4n) is 2.73. The Hall–Kier alpha value is -2.82. The lowest BCUT2D eigenvalue weighted by Gasteiger charge is -2.21. The number of aryl methyl sites for hydroxylation is 1. The maximum Gasteiger partial charge on any atom is 0.240 e. The van der Waals surface area contributed by atoms with Crippen LogP contribution in [0.5, 0.6) is 5.75 Å². The second kappa shape index (κ2) is 10.4. The quantitative estimate of drug-likeness (QED) is 0.688. The van der Waals surface area contributed by atoms with E-state index >= 15 is 0 Å². The van der Waals surface area contributed by atoms with E-state index in [0.717, 1.165) is 18.6 Å². The lowest BCUT2D eigenvalue weighted by atomic mass is 10.1. The van der Waals surface area contributed by atoms with Crippen LogP contribution < -0.4 is 15.0 Å². The molecule has 0 radical (unpaired) electrons. The minimum absolute atomic E-state index is 0.00501. The number of rotatable bonds is 9. The highest BCUT2D eigenvalue weighted by atomic mass is 16.5. The van der Waals surface area contributed by atoms with E-state index in [9.17, 15) is 9.59 Å². The summed E-state index contributed by atoms with van der Waals surface area (Å²) in [6.07, 6.45) is 1.85. The van der Waals surface area contributed by atoms with Crippen LogP contribution in [-0.2, 0) is 16.0 Å². The van der Waals surface area contributed by atoms with Crippen molar-refractivity contribution in [2.75, 3.05) is 18.0 Å². The normalized spacial score (nSPS) is 10.5. The minimum atomic E-state index is -0.174. The Bertz CT molecular complexity index is 727. The van der Waals surface area contributed by atoms with Gasteiger partial charge in [-0.2, -0.15) is 0 Å². The van der Waals surface area contributed by atoms with Crippen LogP contribution >= 0.6 is 0 Å². The Balaban J connectivity index is 1.84. The summed E-state index contributed by atoms with van der Waals surface area (Å²) in [5, 5.41) is 2.89. The lowest BCUT2D eigenvalue weighted by molar-refractivity contribution is -0.123. The van der Waals surface area contributed by atoms with Crippen LogP contribution in [-0.4, -0.2) is 31.0 Å². The van der Waals surface area contributed by atoms with Crippen LogP contribution in [0.2, 0.25) is 0 Å². The van der Waals surface area contributed by atoms with Gasteiger partial charge in [0.15, 0.2) is 0 Å². The molecule has 0 saturated carbocycles. The average Bonchev–Trinajstić information content (AvgIpc) is 2.64. The third-order valence-corrected chi connectivity index (χ3v) is 4.01. The van der Waals surface area contributed by atoms with Crippen molar-refractivity contribution < 1.29 is 14.3 Å². The molecule has 0 unspecified atom stereocenters. The van der Waals surface area contributed by atoms with E-state index in [2.05, 4.69) is 17.4 Å². The number of benzene rings is 2. The average molecular weight is 368 g/mol. The van der Waals surface area contributed by atoms with Crippen molar-refractivity contribution in [3.8, 4) is 5.75 Å². The summed E-state index contributed by atoms with van der Waals surface area (Å²) in [4.78, 5) is 25.7. The predicted molar refractivity (Wildman–Crippen MR) is 108 cm³/mol. The molecule has 5 nitrogen and oxygen atoms in total. The van der Waals surface area contributed by atoms with E-state index in [-0.39, 0.29) is 24.5 Å². The summed E-state index contributed by atoms with van der Waals surface area (Å²) in [7, 11) is 0. The van der Waals surface area contributed by atoms with Crippen molar-refractivity contribution in [2.24, 2.45) is 0 Å². The number of nitrogens with one attached hydrogen (secondary N) is 1. The maximum atomic E-state index is 12.2. The number of hydrogen-bond donors (Lipinski definition) is 1. The largest absolute Gasteiger partial charge is 0.491 e. The molecule has 0 aliphatic heterocycles. The summed E-state index contributed by atoms with van der Waals surface area (Å²) in [5.41, 5.74) is 1.93. The van der Waals surface area contributed by atoms with Gasteiger partial charge in [0.2, 0.25) is 11.8 Å². The van der Waals surface area contributed by atoms with Gasteiger partial charge in [-0.1, -0.05) is 30.3 Å². The number of ether oxygens (including phenoxy) is 1. The standard InChI is InChI=1S/C22H28N2O3/c1-17(2)27-21-13-11-20(12-14-21)24(18(3)25)16-22(26)23-15-7-10-19-8-5-4-6-9-19/h4-6,8-9,11-14,17H,7,10,15-16H2,1-3H3,(H,23,26). The molecule has 0 aromatic heterocycles. The lowest BCUT2D eigenvalue weighted by Crippen LogP contribution is -2.40. The Morgan fingerprint density at radius 2 is 1.70 bits per heavy atom. The van der Waals surface area contributed by atoms with Crippen molar-refractivity contribution >= 4 is 17.5 Å². The first-order valence-corrected chi connectivity index (χ1v) is 9.31. The topological polar surface area (TPSA) is 58.6 Å². The highest BCUT2D eigenvalue weighted by Crippen LogP contribution is 2.20. The molecule has 2 aromatic carbocycles. The van der Waals surface area contributed by atoms with E-state index in [4.69, 9.17) is 4.74 Å². The third-order valence-electron chi connectivity index (χ3n) is 4.01. The van der Waals surface area contributed by atoms with Crippen LogP contribution in [0.15, 0.2) is 54.6 Å². The molecular weight excluding hydrogens is 340 g/mol. The molecule has 27 heavy (non-hydrogen) atoms. The monoisotopic (exact) mass is 368 g/mol. The van der Waals surface area contributed by atoms with Crippen LogP contribution in [0, 0.1) is 0 Å². The molecule has 144 valence electrons. The zero-order valence-corrected chi connectivity index (χ0v) is 16.3. The highest BCUT2D eigenvalue weighted by molar-refractivity contribution is 5.97. The van der Waals surface area contributed by atoms with Gasteiger partial charge >= 0.3 is 0 Å². The van der Waals surface area contributed by atoms with Crippen molar-refractivity contribution in [3.05, 3.63) is 60.2 Å². The van der Waals surface area contributed by atoms with E-state index in [1.807, 2.05) is 44.2 Å². The number of anilines is 1. The van der Waals surface area contributed by atoms with Crippen molar-refractivity contribution in [1.82, 2.24) is 5.32 Å². The number of hydrogen-bond acceptors (Lipinski definition) is 3. The Kier molecular flexibility index (Phi) is 7.86. The zero-order chi connectivity index (χ0) is 19.6. The number of amides is 2. The molecule has 2 rings (SSSR count). The summed E-state index contributed by atoms with van der Waals surface area (Å²) < 4.78 is 5.61. The number of nitrogens with zero attached hydrogens (tertiary/aromatic N) is 1. The van der Waals surface area contributed by atoms with Gasteiger partial charge in [-0.3, -0.25) is 9.59 Å². The van der Waals surface area contributed by atoms with Crippen molar-refractivity contribution in [3.63, 3.8) is 0 Å². The molecule has 0 saturated heterocycles. The molecule has 0 bridgehead atoms. The van der Waals surface area contributed by atoms with Gasteiger partial charge in [-0.05, 0) is 56.5 Å². The van der Waals surface area contributed by atoms with E-state index < -0.39 is 0 Å². The van der Waals surface area contributed by atoms with Gasteiger partial charge in [-0.15, -0.1) is 0 Å². The third kappa shape index (κ3) is 7.13. The molecule has 0 aliphatic rings. The maximum absolute atomic E-state index is 12.2. The van der Waals surface area contributed by atoms with Crippen molar-refractivity contribution in [1.29, 1.82) is 0 Å². The summed E-state index contributed by atoms with van der Waals surface area (Å²) in [6.45, 7) is 5.96. The second-order valence-electron chi connectivity index (χ2n) is 6.70. The minimum Gasteiger partial charge on any atom is -0.491 e. The van der Waals surface area contributed by atoms with Gasteiger partial charge in [0.25, 0.3) is 0 Å². The molecular formula is C22H28N2O3. The Morgan fingerprint density at radius 3 is 2.30 bits per heavy atom. The fourth-order valence-corrected chi connectivity index (χ4v) is 2.73. The highest BCUT2D eigenvalue weighted by Gasteiger charge is 2.15. The van der Waals surface area contributed by atoms with Crippen LogP contribution in [0.4, 0.5) is 5.69 Å². The molecule has 1 N–H and O–H groups in total. The summed E-state index contributed by atoms with van der Waals surface area (Å²) >= 11 is 0. The fraction of sp³-hybridized carbons (Fsp3) is 0.364. The predicted octanol–water partition coefficient (Wildman–Crippen LogP) is 3.58. The summed E-state index contributed by atoms with van der Waals surface area (Å²) in [6, 6.07) is 17.4. The van der Waals surface area contributed by atoms with Gasteiger partial charge in [0.1, 0.15) is 12.3 Å². The molecule has 5 heteroatoms. The zero-order valence-electron chi connectivity index (χ0n) is 16.3. The molecule has 0 atom stereocenters. The SMILES string of the molecule is CC(=O)N(CC(=O)NCCCc1ccccc1)c1ccc(OC(C)C)cc1. The van der Waals surface area contributed by atoms with Crippen molar-refractivity contribution in [2.45, 2.75) is 39.7 Å².